The van der Waals surface area contributed by atoms with E-state index in [2.05, 4.69) is 15.5 Å². The highest BCUT2D eigenvalue weighted by atomic mass is 35.5. The van der Waals surface area contributed by atoms with Crippen LogP contribution < -0.4 is 10.2 Å². The van der Waals surface area contributed by atoms with Crippen LogP contribution in [0.1, 0.15) is 18.9 Å². The molecule has 0 bridgehead atoms. The molecule has 2 aromatic carbocycles. The summed E-state index contributed by atoms with van der Waals surface area (Å²) in [5.41, 5.74) is 4.10. The van der Waals surface area contributed by atoms with E-state index in [1.807, 2.05) is 31.2 Å². The topological polar surface area (TPSA) is 63.6 Å². The summed E-state index contributed by atoms with van der Waals surface area (Å²) in [5.74, 6) is 0.460. The highest BCUT2D eigenvalue weighted by Gasteiger charge is 2.09. The molecule has 0 saturated carbocycles. The number of amides is 1. The molecule has 1 aromatic heterocycles. The van der Waals surface area contributed by atoms with E-state index in [0.717, 1.165) is 21.0 Å². The summed E-state index contributed by atoms with van der Waals surface area (Å²) in [6.07, 6.45) is 2.35. The molecule has 1 amide bonds. The number of benzene rings is 2. The second kappa shape index (κ2) is 10.1. The number of thiazole rings is 1. The molecule has 5 nitrogen and oxygen atoms in total. The number of fused-ring (bicyclic) bond motifs is 1. The van der Waals surface area contributed by atoms with Crippen LogP contribution in [0.25, 0.3) is 10.2 Å². The van der Waals surface area contributed by atoms with Crippen molar-refractivity contribution < 1.29 is 9.53 Å². The van der Waals surface area contributed by atoms with Gasteiger partial charge in [-0.05, 0) is 36.2 Å². The Bertz CT molecular complexity index is 952. The van der Waals surface area contributed by atoms with E-state index in [0.29, 0.717) is 28.0 Å². The van der Waals surface area contributed by atoms with Crippen LogP contribution in [0.2, 0.25) is 10.0 Å². The summed E-state index contributed by atoms with van der Waals surface area (Å²) in [7, 11) is 0. The van der Waals surface area contributed by atoms with Crippen LogP contribution in [0.3, 0.4) is 0 Å². The molecule has 0 atom stereocenters. The lowest BCUT2D eigenvalue weighted by molar-refractivity contribution is -0.118. The first-order chi connectivity index (χ1) is 13.6. The minimum Gasteiger partial charge on any atom is -0.490 e. The van der Waals surface area contributed by atoms with Gasteiger partial charge in [-0.15, -0.1) is 11.3 Å². The van der Waals surface area contributed by atoms with Gasteiger partial charge in [0, 0.05) is 0 Å². The summed E-state index contributed by atoms with van der Waals surface area (Å²) < 4.78 is 7.47. The van der Waals surface area contributed by atoms with Gasteiger partial charge in [0.1, 0.15) is 0 Å². The van der Waals surface area contributed by atoms with Gasteiger partial charge in [0.05, 0.1) is 38.8 Å². The van der Waals surface area contributed by atoms with E-state index >= 15 is 0 Å². The predicted molar refractivity (Wildman–Crippen MR) is 118 cm³/mol. The maximum atomic E-state index is 12.0. The second-order valence-corrected chi connectivity index (χ2v) is 8.76. The van der Waals surface area contributed by atoms with Gasteiger partial charge in [-0.3, -0.25) is 4.79 Å². The molecule has 0 radical (unpaired) electrons. The van der Waals surface area contributed by atoms with Gasteiger partial charge >= 0.3 is 0 Å². The molecule has 0 unspecified atom stereocenters. The van der Waals surface area contributed by atoms with Crippen molar-refractivity contribution in [2.24, 2.45) is 5.10 Å². The van der Waals surface area contributed by atoms with Crippen LogP contribution in [0, 0.1) is 0 Å². The van der Waals surface area contributed by atoms with Crippen LogP contribution in [-0.4, -0.2) is 29.5 Å². The molecule has 1 N–H and O–H groups in total. The lowest BCUT2D eigenvalue weighted by Crippen LogP contribution is -2.19. The zero-order chi connectivity index (χ0) is 19.9. The normalized spacial score (nSPS) is 11.2. The van der Waals surface area contributed by atoms with Gasteiger partial charge in [0.15, 0.2) is 10.1 Å². The number of halogens is 2. The molecule has 3 rings (SSSR count). The fourth-order valence-corrected chi connectivity index (χ4v) is 4.72. The molecular formula is C19H17Cl2N3O2S2. The Hall–Kier alpha value is -1.80. The minimum absolute atomic E-state index is 0.222. The highest BCUT2D eigenvalue weighted by Crippen LogP contribution is 2.34. The average Bonchev–Trinajstić information content (AvgIpc) is 3.09. The van der Waals surface area contributed by atoms with Gasteiger partial charge in [0.25, 0.3) is 5.91 Å². The monoisotopic (exact) mass is 453 g/mol. The SMILES string of the molecule is CCCOc1c(Cl)cc(/C=N\NC(=O)CSc2nc3ccccc3s2)cc1Cl. The lowest BCUT2D eigenvalue weighted by atomic mass is 10.2. The number of hydrogen-bond acceptors (Lipinski definition) is 6. The number of para-hydroxylation sites is 1. The first kappa shape index (κ1) is 20.9. The number of hydrogen-bond donors (Lipinski definition) is 1. The third-order valence-corrected chi connectivity index (χ3v) is 6.22. The van der Waals surface area contributed by atoms with Gasteiger partial charge in [0.2, 0.25) is 0 Å². The number of thioether (sulfide) groups is 1. The second-order valence-electron chi connectivity index (χ2n) is 5.69. The Morgan fingerprint density at radius 3 is 2.79 bits per heavy atom. The van der Waals surface area contributed by atoms with Gasteiger partial charge in [-0.1, -0.05) is 54.0 Å². The number of carbonyl (C=O) groups is 1. The Labute approximate surface area is 181 Å². The van der Waals surface area contributed by atoms with Crippen molar-refractivity contribution in [3.63, 3.8) is 0 Å². The maximum Gasteiger partial charge on any atom is 0.250 e. The maximum absolute atomic E-state index is 12.0. The highest BCUT2D eigenvalue weighted by molar-refractivity contribution is 8.01. The number of rotatable bonds is 8. The zero-order valence-corrected chi connectivity index (χ0v) is 18.1. The van der Waals surface area contributed by atoms with Crippen LogP contribution in [0.15, 0.2) is 45.8 Å². The van der Waals surface area contributed by atoms with Crippen molar-refractivity contribution >= 4 is 68.6 Å². The summed E-state index contributed by atoms with van der Waals surface area (Å²) in [6.45, 7) is 2.54. The summed E-state index contributed by atoms with van der Waals surface area (Å²) in [6, 6.07) is 11.2. The van der Waals surface area contributed by atoms with Crippen LogP contribution in [0.5, 0.6) is 5.75 Å². The smallest absolute Gasteiger partial charge is 0.250 e. The number of carbonyl (C=O) groups excluding carboxylic acids is 1. The lowest BCUT2D eigenvalue weighted by Gasteiger charge is -2.09. The van der Waals surface area contributed by atoms with Crippen LogP contribution in [-0.2, 0) is 4.79 Å². The first-order valence-corrected chi connectivity index (χ1v) is 11.0. The molecule has 0 fully saturated rings. The molecule has 3 aromatic rings. The first-order valence-electron chi connectivity index (χ1n) is 8.49. The van der Waals surface area contributed by atoms with E-state index in [9.17, 15) is 4.79 Å². The largest absolute Gasteiger partial charge is 0.490 e. The molecule has 0 aliphatic rings. The Morgan fingerprint density at radius 2 is 2.07 bits per heavy atom. The Balaban J connectivity index is 1.53. The predicted octanol–water partition coefficient (Wildman–Crippen LogP) is 5.63. The van der Waals surface area contributed by atoms with Gasteiger partial charge in [-0.2, -0.15) is 5.10 Å². The molecule has 146 valence electrons. The zero-order valence-electron chi connectivity index (χ0n) is 14.9. The summed E-state index contributed by atoms with van der Waals surface area (Å²) >= 11 is 15.3. The molecule has 0 spiro atoms. The Kier molecular flexibility index (Phi) is 7.56. The minimum atomic E-state index is -0.222. The molecule has 28 heavy (non-hydrogen) atoms. The van der Waals surface area contributed by atoms with Gasteiger partial charge < -0.3 is 4.74 Å². The molecule has 0 aliphatic carbocycles. The quantitative estimate of drug-likeness (QED) is 0.272. The molecule has 9 heteroatoms. The van der Waals surface area contributed by atoms with E-state index in [4.69, 9.17) is 27.9 Å². The van der Waals surface area contributed by atoms with Crippen molar-refractivity contribution in [3.05, 3.63) is 52.0 Å². The van der Waals surface area contributed by atoms with Crippen molar-refractivity contribution in [2.75, 3.05) is 12.4 Å². The summed E-state index contributed by atoms with van der Waals surface area (Å²) in [5, 5.41) is 4.76. The number of hydrazone groups is 1. The van der Waals surface area contributed by atoms with Crippen molar-refractivity contribution in [3.8, 4) is 5.75 Å². The third kappa shape index (κ3) is 5.61. The standard InChI is InChI=1S/C19H17Cl2N3O2S2/c1-2-7-26-18-13(20)8-12(9-14(18)21)10-22-24-17(25)11-27-19-23-15-5-3-4-6-16(15)28-19/h3-6,8-10H,2,7,11H2,1H3,(H,24,25)/b22-10-. The van der Waals surface area contributed by atoms with E-state index < -0.39 is 0 Å². The number of nitrogens with zero attached hydrogens (tertiary/aromatic N) is 2. The molecule has 1 heterocycles. The fraction of sp³-hybridized carbons (Fsp3) is 0.211. The fourth-order valence-electron chi connectivity index (χ4n) is 2.25. The number of ether oxygens (including phenoxy) is 1. The number of aromatic nitrogens is 1. The van der Waals surface area contributed by atoms with Crippen molar-refractivity contribution in [1.29, 1.82) is 0 Å². The van der Waals surface area contributed by atoms with Crippen molar-refractivity contribution in [2.45, 2.75) is 17.7 Å². The van der Waals surface area contributed by atoms with Crippen LogP contribution in [0.4, 0.5) is 0 Å². The molecular weight excluding hydrogens is 437 g/mol. The van der Waals surface area contributed by atoms with Crippen LogP contribution >= 0.6 is 46.3 Å². The Morgan fingerprint density at radius 1 is 1.32 bits per heavy atom. The van der Waals surface area contributed by atoms with E-state index in [-0.39, 0.29) is 11.7 Å². The van der Waals surface area contributed by atoms with Gasteiger partial charge in [-0.25, -0.2) is 10.4 Å². The molecule has 0 saturated heterocycles. The average molecular weight is 454 g/mol. The summed E-state index contributed by atoms with van der Waals surface area (Å²) in [4.78, 5) is 16.5. The number of nitrogens with one attached hydrogen (secondary N) is 1. The van der Waals surface area contributed by atoms with E-state index in [1.165, 1.54) is 18.0 Å². The van der Waals surface area contributed by atoms with Crippen molar-refractivity contribution in [1.82, 2.24) is 10.4 Å². The third-order valence-electron chi connectivity index (χ3n) is 3.48. The van der Waals surface area contributed by atoms with E-state index in [1.54, 1.807) is 23.5 Å². The molecule has 0 aliphatic heterocycles.